The molecule has 1 aliphatic rings. The summed E-state index contributed by atoms with van der Waals surface area (Å²) in [6, 6.07) is 10.6. The van der Waals surface area contributed by atoms with E-state index in [2.05, 4.69) is 5.32 Å². The highest BCUT2D eigenvalue weighted by atomic mass is 35.5. The van der Waals surface area contributed by atoms with E-state index in [9.17, 15) is 21.6 Å². The van der Waals surface area contributed by atoms with E-state index in [4.69, 9.17) is 32.7 Å². The monoisotopic (exact) mass is 593 g/mol. The number of hydrogen-bond donors (Lipinski definition) is 1. The Labute approximate surface area is 227 Å². The Balaban J connectivity index is 1.41. The van der Waals surface area contributed by atoms with Crippen LogP contribution in [0.4, 0.5) is 5.69 Å². The number of hydrogen-bond acceptors (Lipinski definition) is 7. The van der Waals surface area contributed by atoms with Crippen molar-refractivity contribution in [2.24, 2.45) is 0 Å². The number of benzene rings is 2. The minimum absolute atomic E-state index is 0.0976. The lowest BCUT2D eigenvalue weighted by Gasteiger charge is -2.26. The first kappa shape index (κ1) is 29.5. The van der Waals surface area contributed by atoms with Crippen molar-refractivity contribution < 1.29 is 31.1 Å². The first-order chi connectivity index (χ1) is 17.5. The van der Waals surface area contributed by atoms with E-state index in [1.807, 2.05) is 0 Å². The third-order valence-corrected chi connectivity index (χ3v) is 9.33. The Morgan fingerprint density at radius 3 is 2.35 bits per heavy atom. The summed E-state index contributed by atoms with van der Waals surface area (Å²) < 4.78 is 63.1. The second-order valence-corrected chi connectivity index (χ2v) is 12.9. The maximum Gasteiger partial charge on any atom is 0.243 e. The first-order valence-electron chi connectivity index (χ1n) is 11.5. The molecule has 0 atom stereocenters. The van der Waals surface area contributed by atoms with Crippen molar-refractivity contribution >= 4 is 54.8 Å². The maximum absolute atomic E-state index is 12.7. The van der Waals surface area contributed by atoms with Gasteiger partial charge in [-0.3, -0.25) is 9.10 Å². The molecule has 1 aliphatic heterocycles. The molecule has 10 nitrogen and oxygen atoms in total. The lowest BCUT2D eigenvalue weighted by Crippen LogP contribution is -2.40. The molecule has 0 aliphatic carbocycles. The van der Waals surface area contributed by atoms with Gasteiger partial charge in [0.25, 0.3) is 0 Å². The molecule has 1 fully saturated rings. The molecule has 2 aromatic rings. The number of anilines is 1. The smallest absolute Gasteiger partial charge is 0.243 e. The van der Waals surface area contributed by atoms with Gasteiger partial charge in [0.1, 0.15) is 12.4 Å². The molecule has 0 bridgehead atoms. The molecule has 1 amide bonds. The van der Waals surface area contributed by atoms with Gasteiger partial charge in [-0.25, -0.2) is 16.8 Å². The fourth-order valence-electron chi connectivity index (χ4n) is 3.60. The summed E-state index contributed by atoms with van der Waals surface area (Å²) in [5, 5.41) is 3.26. The van der Waals surface area contributed by atoms with Crippen LogP contribution in [-0.4, -0.2) is 79.3 Å². The summed E-state index contributed by atoms with van der Waals surface area (Å²) in [5.41, 5.74) is 0.370. The van der Waals surface area contributed by atoms with Crippen molar-refractivity contribution in [3.05, 3.63) is 52.5 Å². The highest BCUT2D eigenvalue weighted by molar-refractivity contribution is 7.92. The summed E-state index contributed by atoms with van der Waals surface area (Å²) >= 11 is 11.9. The van der Waals surface area contributed by atoms with Gasteiger partial charge in [0, 0.05) is 26.1 Å². The summed E-state index contributed by atoms with van der Waals surface area (Å²) in [6.45, 7) is 1.90. The van der Waals surface area contributed by atoms with Gasteiger partial charge in [0.05, 0.1) is 46.6 Å². The van der Waals surface area contributed by atoms with Gasteiger partial charge in [-0.05, 0) is 48.9 Å². The molecule has 1 heterocycles. The molecule has 37 heavy (non-hydrogen) atoms. The normalized spacial score (nSPS) is 14.8. The van der Waals surface area contributed by atoms with Crippen LogP contribution in [0.25, 0.3) is 0 Å². The Bertz CT molecular complexity index is 1280. The van der Waals surface area contributed by atoms with Crippen LogP contribution in [0.15, 0.2) is 47.4 Å². The fraction of sp³-hybridized carbons (Fsp3) is 0.435. The topological polar surface area (TPSA) is 122 Å². The van der Waals surface area contributed by atoms with Gasteiger partial charge in [0.15, 0.2) is 0 Å². The number of ether oxygens (including phenoxy) is 2. The lowest BCUT2D eigenvalue weighted by atomic mass is 10.2. The number of nitrogens with one attached hydrogen (secondary N) is 1. The minimum Gasteiger partial charge on any atom is -0.492 e. The Kier molecular flexibility index (Phi) is 10.4. The Hall–Kier alpha value is -2.09. The van der Waals surface area contributed by atoms with Crippen LogP contribution in [-0.2, 0) is 29.6 Å². The van der Waals surface area contributed by atoms with Gasteiger partial charge in [0.2, 0.25) is 26.0 Å². The second kappa shape index (κ2) is 13.1. The van der Waals surface area contributed by atoms with Crippen molar-refractivity contribution in [1.82, 2.24) is 9.62 Å². The first-order valence-corrected chi connectivity index (χ1v) is 15.5. The van der Waals surface area contributed by atoms with E-state index >= 15 is 0 Å². The van der Waals surface area contributed by atoms with Crippen molar-refractivity contribution in [1.29, 1.82) is 0 Å². The van der Waals surface area contributed by atoms with E-state index in [0.717, 1.165) is 6.26 Å². The number of amides is 1. The number of rotatable bonds is 12. The molecule has 0 radical (unpaired) electrons. The molecule has 1 saturated heterocycles. The molecular weight excluding hydrogens is 565 g/mol. The molecular formula is C23H29Cl2N3O7S2. The van der Waals surface area contributed by atoms with Crippen LogP contribution in [0.3, 0.4) is 0 Å². The maximum atomic E-state index is 12.7. The molecule has 0 aromatic heterocycles. The van der Waals surface area contributed by atoms with Crippen molar-refractivity contribution in [3.8, 4) is 5.75 Å². The molecule has 0 saturated carbocycles. The SMILES string of the molecule is CS(=O)(=O)N(CCCC(=O)NCCOc1ccc(S(=O)(=O)N2CCOCC2)cc1)c1ccc(Cl)c(Cl)c1. The number of carbonyl (C=O) groups is 1. The highest BCUT2D eigenvalue weighted by Gasteiger charge is 2.26. The predicted octanol–water partition coefficient (Wildman–Crippen LogP) is 2.76. The molecule has 14 heteroatoms. The van der Waals surface area contributed by atoms with Crippen LogP contribution in [0.5, 0.6) is 5.75 Å². The van der Waals surface area contributed by atoms with Crippen LogP contribution < -0.4 is 14.4 Å². The number of halogens is 2. The van der Waals surface area contributed by atoms with Gasteiger partial charge in [-0.2, -0.15) is 4.31 Å². The Morgan fingerprint density at radius 2 is 1.73 bits per heavy atom. The number of nitrogens with zero attached hydrogens (tertiary/aromatic N) is 2. The quantitative estimate of drug-likeness (QED) is 0.375. The van der Waals surface area contributed by atoms with E-state index in [1.165, 1.54) is 32.9 Å². The molecule has 0 unspecified atom stereocenters. The van der Waals surface area contributed by atoms with Crippen LogP contribution >= 0.6 is 23.2 Å². The van der Waals surface area contributed by atoms with Gasteiger partial charge < -0.3 is 14.8 Å². The van der Waals surface area contributed by atoms with Crippen LogP contribution in [0.1, 0.15) is 12.8 Å². The third kappa shape index (κ3) is 8.45. The number of carbonyl (C=O) groups excluding carboxylic acids is 1. The van der Waals surface area contributed by atoms with Crippen LogP contribution in [0, 0.1) is 0 Å². The van der Waals surface area contributed by atoms with Gasteiger partial charge >= 0.3 is 0 Å². The average molecular weight is 595 g/mol. The zero-order valence-electron chi connectivity index (χ0n) is 20.2. The summed E-state index contributed by atoms with van der Waals surface area (Å²) in [7, 11) is -7.16. The molecule has 2 aromatic carbocycles. The van der Waals surface area contributed by atoms with Crippen molar-refractivity contribution in [3.63, 3.8) is 0 Å². The van der Waals surface area contributed by atoms with E-state index < -0.39 is 20.0 Å². The third-order valence-electron chi connectivity index (χ3n) is 5.48. The van der Waals surface area contributed by atoms with Gasteiger partial charge in [-0.1, -0.05) is 23.2 Å². The Morgan fingerprint density at radius 1 is 1.05 bits per heavy atom. The fourth-order valence-corrected chi connectivity index (χ4v) is 6.26. The highest BCUT2D eigenvalue weighted by Crippen LogP contribution is 2.28. The van der Waals surface area contributed by atoms with Crippen molar-refractivity contribution in [2.75, 3.05) is 56.6 Å². The van der Waals surface area contributed by atoms with Crippen molar-refractivity contribution in [2.45, 2.75) is 17.7 Å². The van der Waals surface area contributed by atoms with E-state index in [0.29, 0.717) is 49.2 Å². The molecule has 0 spiro atoms. The zero-order chi connectivity index (χ0) is 27.1. The number of morpholine rings is 1. The summed E-state index contributed by atoms with van der Waals surface area (Å²) in [4.78, 5) is 12.4. The van der Waals surface area contributed by atoms with E-state index in [-0.39, 0.29) is 41.9 Å². The summed E-state index contributed by atoms with van der Waals surface area (Å²) in [6.07, 6.45) is 1.48. The minimum atomic E-state index is -3.58. The molecule has 204 valence electrons. The summed E-state index contributed by atoms with van der Waals surface area (Å²) in [5.74, 6) is 0.221. The largest absolute Gasteiger partial charge is 0.492 e. The second-order valence-electron chi connectivity index (χ2n) is 8.22. The number of sulfonamides is 2. The zero-order valence-corrected chi connectivity index (χ0v) is 23.4. The van der Waals surface area contributed by atoms with Gasteiger partial charge in [-0.15, -0.1) is 0 Å². The average Bonchev–Trinajstić information content (AvgIpc) is 2.86. The van der Waals surface area contributed by atoms with E-state index in [1.54, 1.807) is 18.2 Å². The van der Waals surface area contributed by atoms with Crippen LogP contribution in [0.2, 0.25) is 10.0 Å². The predicted molar refractivity (Wildman–Crippen MR) is 142 cm³/mol. The molecule has 1 N–H and O–H groups in total. The standard InChI is InChI=1S/C23H29Cl2N3O7S2/c1-36(30,31)28(18-4-9-21(24)22(25)17-18)11-2-3-23(29)26-10-14-35-19-5-7-20(8-6-19)37(32,33)27-12-15-34-16-13-27/h4-9,17H,2-3,10-16H2,1H3,(H,26,29). The molecule has 3 rings (SSSR count). The lowest BCUT2D eigenvalue weighted by molar-refractivity contribution is -0.121.